The molecule has 0 spiro atoms. The Bertz CT molecular complexity index is 523. The highest BCUT2D eigenvalue weighted by Crippen LogP contribution is 2.23. The van der Waals surface area contributed by atoms with Crippen molar-refractivity contribution < 1.29 is 0 Å². The van der Waals surface area contributed by atoms with Gasteiger partial charge in [0.2, 0.25) is 4.80 Å². The van der Waals surface area contributed by atoms with Gasteiger partial charge in [-0.2, -0.15) is 5.10 Å². The van der Waals surface area contributed by atoms with E-state index in [0.717, 1.165) is 4.80 Å². The van der Waals surface area contributed by atoms with E-state index in [1.807, 2.05) is 29.8 Å². The molecule has 1 aromatic heterocycles. The second-order valence-electron chi connectivity index (χ2n) is 3.34. The number of hydrogen-bond donors (Lipinski definition) is 1. The van der Waals surface area contributed by atoms with Crippen LogP contribution < -0.4 is 10.6 Å². The van der Waals surface area contributed by atoms with Gasteiger partial charge in [-0.3, -0.25) is 0 Å². The van der Waals surface area contributed by atoms with Gasteiger partial charge in [-0.05, 0) is 12.5 Å². The van der Waals surface area contributed by atoms with E-state index in [0.29, 0.717) is 0 Å². The predicted molar refractivity (Wildman–Crippen MR) is 63.2 cm³/mol. The Morgan fingerprint density at radius 3 is 2.47 bits per heavy atom. The number of aryl methyl sites for hydroxylation is 1. The van der Waals surface area contributed by atoms with Crippen LogP contribution in [0.2, 0.25) is 0 Å². The van der Waals surface area contributed by atoms with Crippen molar-refractivity contribution in [3.05, 3.63) is 40.0 Å². The number of aromatic nitrogens is 1. The molecule has 0 atom stereocenters. The number of rotatable bonds is 1. The van der Waals surface area contributed by atoms with Crippen LogP contribution >= 0.6 is 11.3 Å². The molecule has 0 fully saturated rings. The van der Waals surface area contributed by atoms with Gasteiger partial charge in [0, 0.05) is 11.9 Å². The van der Waals surface area contributed by atoms with Crippen molar-refractivity contribution in [2.45, 2.75) is 6.92 Å². The third-order valence-corrected chi connectivity index (χ3v) is 3.42. The maximum atomic E-state index is 5.33. The van der Waals surface area contributed by atoms with E-state index in [1.165, 1.54) is 16.1 Å². The van der Waals surface area contributed by atoms with Crippen molar-refractivity contribution in [1.29, 1.82) is 0 Å². The second kappa shape index (κ2) is 3.90. The molecule has 4 heteroatoms. The van der Waals surface area contributed by atoms with Gasteiger partial charge in [0.25, 0.3) is 0 Å². The first-order valence-corrected chi connectivity index (χ1v) is 5.51. The molecule has 3 nitrogen and oxygen atoms in total. The van der Waals surface area contributed by atoms with Crippen molar-refractivity contribution in [2.24, 2.45) is 18.0 Å². The summed E-state index contributed by atoms with van der Waals surface area (Å²) in [6, 6.07) is 10.3. The minimum Gasteiger partial charge on any atom is -0.320 e. The minimum absolute atomic E-state index is 0.839. The molecule has 0 amide bonds. The molecule has 0 aliphatic heterocycles. The summed E-state index contributed by atoms with van der Waals surface area (Å²) in [4.78, 5) is 2.07. The van der Waals surface area contributed by atoms with Crippen LogP contribution in [0.4, 0.5) is 0 Å². The van der Waals surface area contributed by atoms with Gasteiger partial charge < -0.3 is 10.4 Å². The average molecular weight is 219 g/mol. The molecular weight excluding hydrogens is 206 g/mol. The van der Waals surface area contributed by atoms with Crippen LogP contribution in [0.25, 0.3) is 11.3 Å². The van der Waals surface area contributed by atoms with E-state index in [9.17, 15) is 0 Å². The van der Waals surface area contributed by atoms with Gasteiger partial charge in [-0.15, -0.1) is 0 Å². The highest BCUT2D eigenvalue weighted by Gasteiger charge is 2.08. The highest BCUT2D eigenvalue weighted by molar-refractivity contribution is 7.09. The summed E-state index contributed by atoms with van der Waals surface area (Å²) >= 11 is 1.61. The zero-order valence-corrected chi connectivity index (χ0v) is 9.58. The fourth-order valence-corrected chi connectivity index (χ4v) is 2.60. The molecule has 0 saturated carbocycles. The Balaban J connectivity index is 2.69. The van der Waals surface area contributed by atoms with Crippen LogP contribution in [0.15, 0.2) is 35.4 Å². The van der Waals surface area contributed by atoms with E-state index in [1.54, 1.807) is 11.3 Å². The Labute approximate surface area is 92.5 Å². The summed E-state index contributed by atoms with van der Waals surface area (Å²) in [6.07, 6.45) is 0. The number of nitrogens with two attached hydrogens (primary N) is 1. The van der Waals surface area contributed by atoms with E-state index < -0.39 is 0 Å². The largest absolute Gasteiger partial charge is 0.320 e. The van der Waals surface area contributed by atoms with Crippen molar-refractivity contribution in [2.75, 3.05) is 0 Å². The Morgan fingerprint density at radius 2 is 1.93 bits per heavy atom. The molecule has 2 aromatic rings. The molecule has 78 valence electrons. The Kier molecular flexibility index (Phi) is 2.60. The molecule has 15 heavy (non-hydrogen) atoms. The van der Waals surface area contributed by atoms with E-state index in [-0.39, 0.29) is 0 Å². The van der Waals surface area contributed by atoms with Crippen LogP contribution in [0, 0.1) is 6.92 Å². The lowest BCUT2D eigenvalue weighted by molar-refractivity contribution is 0.860. The third-order valence-electron chi connectivity index (χ3n) is 2.36. The predicted octanol–water partition coefficient (Wildman–Crippen LogP) is 1.84. The van der Waals surface area contributed by atoms with Crippen LogP contribution in [0.5, 0.6) is 0 Å². The maximum Gasteiger partial charge on any atom is 0.207 e. The molecule has 0 radical (unpaired) electrons. The van der Waals surface area contributed by atoms with Crippen LogP contribution in [-0.4, -0.2) is 4.57 Å². The molecule has 0 aliphatic carbocycles. The van der Waals surface area contributed by atoms with Crippen molar-refractivity contribution in [3.63, 3.8) is 0 Å². The van der Waals surface area contributed by atoms with Gasteiger partial charge in [0.15, 0.2) is 0 Å². The Morgan fingerprint density at radius 1 is 1.27 bits per heavy atom. The fourth-order valence-electron chi connectivity index (χ4n) is 1.69. The summed E-state index contributed by atoms with van der Waals surface area (Å²) in [5, 5.41) is 3.76. The molecule has 0 saturated heterocycles. The monoisotopic (exact) mass is 219 g/mol. The van der Waals surface area contributed by atoms with Gasteiger partial charge in [-0.1, -0.05) is 41.7 Å². The van der Waals surface area contributed by atoms with Crippen molar-refractivity contribution in [1.82, 2.24) is 4.57 Å². The van der Waals surface area contributed by atoms with E-state index in [2.05, 4.69) is 24.2 Å². The standard InChI is InChI=1S/C11H13N3S/c1-8-10(9-6-4-3-5-7-9)14(2)11(13-12)15-8/h3-7H,12H2,1-2H3. The molecule has 1 heterocycles. The maximum absolute atomic E-state index is 5.33. The third kappa shape index (κ3) is 1.68. The van der Waals surface area contributed by atoms with Crippen LogP contribution in [-0.2, 0) is 7.05 Å². The minimum atomic E-state index is 0.839. The lowest BCUT2D eigenvalue weighted by Crippen LogP contribution is -2.13. The number of thiazole rings is 1. The van der Waals surface area contributed by atoms with E-state index in [4.69, 9.17) is 5.84 Å². The first-order chi connectivity index (χ1) is 7.24. The number of nitrogens with zero attached hydrogens (tertiary/aromatic N) is 2. The lowest BCUT2D eigenvalue weighted by atomic mass is 10.1. The SMILES string of the molecule is Cc1sc(=NN)n(C)c1-c1ccccc1. The van der Waals surface area contributed by atoms with Gasteiger partial charge in [0.05, 0.1) is 5.69 Å². The lowest BCUT2D eigenvalue weighted by Gasteiger charge is -2.03. The second-order valence-corrected chi connectivity index (χ2v) is 4.53. The van der Waals surface area contributed by atoms with Crippen molar-refractivity contribution in [3.8, 4) is 11.3 Å². The van der Waals surface area contributed by atoms with Crippen molar-refractivity contribution >= 4 is 11.3 Å². The number of benzene rings is 1. The first-order valence-electron chi connectivity index (χ1n) is 4.70. The summed E-state index contributed by atoms with van der Waals surface area (Å²) in [5.74, 6) is 5.33. The number of hydrogen-bond acceptors (Lipinski definition) is 3. The summed E-state index contributed by atoms with van der Waals surface area (Å²) in [6.45, 7) is 2.08. The summed E-state index contributed by atoms with van der Waals surface area (Å²) in [7, 11) is 1.98. The quantitative estimate of drug-likeness (QED) is 0.577. The average Bonchev–Trinajstić information content (AvgIpc) is 2.55. The normalized spacial score (nSPS) is 12.0. The molecule has 2 N–H and O–H groups in total. The Hall–Kier alpha value is -1.55. The summed E-state index contributed by atoms with van der Waals surface area (Å²) < 4.78 is 2.02. The molecule has 0 unspecified atom stereocenters. The zero-order chi connectivity index (χ0) is 10.8. The topological polar surface area (TPSA) is 43.3 Å². The molecular formula is C11H13N3S. The van der Waals surface area contributed by atoms with Gasteiger partial charge >= 0.3 is 0 Å². The fraction of sp³-hybridized carbons (Fsp3) is 0.182. The smallest absolute Gasteiger partial charge is 0.207 e. The zero-order valence-electron chi connectivity index (χ0n) is 8.77. The molecule has 0 bridgehead atoms. The van der Waals surface area contributed by atoms with Crippen LogP contribution in [0.1, 0.15) is 4.88 Å². The van der Waals surface area contributed by atoms with E-state index >= 15 is 0 Å². The summed E-state index contributed by atoms with van der Waals surface area (Å²) in [5.41, 5.74) is 2.38. The first kappa shape index (κ1) is 9.98. The van der Waals surface area contributed by atoms with Crippen LogP contribution in [0.3, 0.4) is 0 Å². The van der Waals surface area contributed by atoms with Gasteiger partial charge in [0.1, 0.15) is 0 Å². The molecule has 2 rings (SSSR count). The highest BCUT2D eigenvalue weighted by atomic mass is 32.1. The van der Waals surface area contributed by atoms with Gasteiger partial charge in [-0.25, -0.2) is 0 Å². The molecule has 1 aromatic carbocycles. The molecule has 0 aliphatic rings.